The third-order valence-electron chi connectivity index (χ3n) is 3.93. The zero-order valence-electron chi connectivity index (χ0n) is 12.1. The number of aliphatic hydroxyl groups is 1. The van der Waals surface area contributed by atoms with Gasteiger partial charge in [0.15, 0.2) is 11.4 Å². The molecular weight excluding hydrogens is 303 g/mol. The van der Waals surface area contributed by atoms with E-state index >= 15 is 0 Å². The summed E-state index contributed by atoms with van der Waals surface area (Å²) in [6.45, 7) is 1.17. The van der Waals surface area contributed by atoms with Gasteiger partial charge in [-0.2, -0.15) is 18.2 Å². The molecule has 0 radical (unpaired) electrons. The minimum atomic E-state index is -4.64. The van der Waals surface area contributed by atoms with E-state index in [0.717, 1.165) is 19.8 Å². The summed E-state index contributed by atoms with van der Waals surface area (Å²) in [5.74, 6) is 1.50. The highest BCUT2D eigenvalue weighted by molar-refractivity contribution is 5.03. The number of hydrogen-bond acceptors (Lipinski definition) is 6. The van der Waals surface area contributed by atoms with Gasteiger partial charge in [-0.3, -0.25) is 4.90 Å². The molecule has 9 heteroatoms. The van der Waals surface area contributed by atoms with Crippen molar-refractivity contribution in [3.8, 4) is 0 Å². The van der Waals surface area contributed by atoms with E-state index < -0.39 is 18.3 Å². The number of nitrogens with zero attached hydrogens (tertiary/aromatic N) is 3. The van der Waals surface area contributed by atoms with Crippen molar-refractivity contribution in [2.24, 2.45) is 0 Å². The number of alkyl halides is 3. The van der Waals surface area contributed by atoms with Crippen molar-refractivity contribution in [3.63, 3.8) is 0 Å². The van der Waals surface area contributed by atoms with Crippen LogP contribution < -0.4 is 0 Å². The maximum absolute atomic E-state index is 12.6. The number of rotatable bonds is 6. The minimum absolute atomic E-state index is 0.161. The van der Waals surface area contributed by atoms with Gasteiger partial charge in [-0.05, 0) is 19.8 Å². The van der Waals surface area contributed by atoms with Crippen LogP contribution in [-0.4, -0.2) is 57.7 Å². The molecular formula is C13H18F3N3O3. The molecule has 0 spiro atoms. The number of hydrogen-bond donors (Lipinski definition) is 1. The monoisotopic (exact) mass is 321 g/mol. The van der Waals surface area contributed by atoms with Crippen LogP contribution >= 0.6 is 0 Å². The molecule has 1 unspecified atom stereocenters. The third kappa shape index (κ3) is 3.41. The van der Waals surface area contributed by atoms with Crippen LogP contribution in [0.3, 0.4) is 0 Å². The van der Waals surface area contributed by atoms with Crippen LogP contribution in [0, 0.1) is 0 Å². The quantitative estimate of drug-likeness (QED) is 0.855. The molecule has 0 aromatic carbocycles. The first kappa shape index (κ1) is 15.7. The van der Waals surface area contributed by atoms with Crippen molar-refractivity contribution in [1.82, 2.24) is 15.0 Å². The molecule has 1 atom stereocenters. The number of β-amino-alcohol motifs (C(OH)–C–C–N with tert-alkyl or cyclic N) is 1. The van der Waals surface area contributed by atoms with E-state index in [1.807, 2.05) is 0 Å². The lowest BCUT2D eigenvalue weighted by Gasteiger charge is -2.42. The molecule has 22 heavy (non-hydrogen) atoms. The molecule has 6 nitrogen and oxygen atoms in total. The van der Waals surface area contributed by atoms with Gasteiger partial charge in [-0.25, -0.2) is 0 Å². The van der Waals surface area contributed by atoms with E-state index in [9.17, 15) is 18.3 Å². The topological polar surface area (TPSA) is 71.6 Å². The maximum Gasteiger partial charge on any atom is 0.418 e. The third-order valence-corrected chi connectivity index (χ3v) is 3.93. The average Bonchev–Trinajstić information content (AvgIpc) is 3.10. The van der Waals surface area contributed by atoms with Crippen LogP contribution in [0.5, 0.6) is 0 Å². The highest BCUT2D eigenvalue weighted by Crippen LogP contribution is 2.38. The number of aromatic nitrogens is 2. The summed E-state index contributed by atoms with van der Waals surface area (Å²) in [6, 6.07) is 0. The lowest BCUT2D eigenvalue weighted by Crippen LogP contribution is -2.60. The summed E-state index contributed by atoms with van der Waals surface area (Å²) < 4.78 is 48.2. The fourth-order valence-electron chi connectivity index (χ4n) is 2.31. The molecule has 1 aliphatic heterocycles. The second-order valence-corrected chi connectivity index (χ2v) is 6.22. The van der Waals surface area contributed by atoms with Gasteiger partial charge >= 0.3 is 6.18 Å². The summed E-state index contributed by atoms with van der Waals surface area (Å²) in [6.07, 6.45) is -2.66. The largest absolute Gasteiger partial charge is 0.418 e. The number of likely N-dealkylation sites (tertiary alicyclic amines) is 1. The molecule has 2 aliphatic rings. The molecule has 2 fully saturated rings. The van der Waals surface area contributed by atoms with Crippen molar-refractivity contribution in [1.29, 1.82) is 0 Å². The van der Waals surface area contributed by atoms with Gasteiger partial charge in [0, 0.05) is 25.6 Å². The molecule has 1 aromatic heterocycles. The van der Waals surface area contributed by atoms with Gasteiger partial charge < -0.3 is 14.4 Å². The van der Waals surface area contributed by atoms with Crippen molar-refractivity contribution >= 4 is 0 Å². The molecule has 0 amide bonds. The van der Waals surface area contributed by atoms with Crippen LogP contribution in [0.25, 0.3) is 0 Å². The first-order chi connectivity index (χ1) is 10.2. The molecule has 1 saturated carbocycles. The van der Waals surface area contributed by atoms with E-state index in [4.69, 9.17) is 9.26 Å². The Bertz CT molecular complexity index is 522. The van der Waals surface area contributed by atoms with E-state index in [1.54, 1.807) is 0 Å². The van der Waals surface area contributed by atoms with Gasteiger partial charge in [-0.1, -0.05) is 5.16 Å². The van der Waals surface area contributed by atoms with Crippen molar-refractivity contribution in [2.45, 2.75) is 50.2 Å². The Hall–Kier alpha value is -1.19. The van der Waals surface area contributed by atoms with Crippen molar-refractivity contribution in [3.05, 3.63) is 11.7 Å². The predicted octanol–water partition coefficient (Wildman–Crippen LogP) is 1.46. The van der Waals surface area contributed by atoms with Crippen LogP contribution in [-0.2, 0) is 11.3 Å². The molecule has 0 bridgehead atoms. The van der Waals surface area contributed by atoms with E-state index in [-0.39, 0.29) is 12.7 Å². The second-order valence-electron chi connectivity index (χ2n) is 6.22. The second kappa shape index (κ2) is 5.47. The predicted molar refractivity (Wildman–Crippen MR) is 68.0 cm³/mol. The van der Waals surface area contributed by atoms with Gasteiger partial charge in [0.05, 0.1) is 6.10 Å². The molecule has 124 valence electrons. The summed E-state index contributed by atoms with van der Waals surface area (Å²) >= 11 is 0. The Morgan fingerprint density at radius 1 is 1.36 bits per heavy atom. The zero-order chi connectivity index (χ0) is 16.0. The smallest absolute Gasteiger partial charge is 0.380 e. The standard InChI is InChI=1S/C13H18F3N3O3/c1-12(20,13(14,15)16)7-19-4-9(5-19)21-6-10-17-11(18-22-10)8-2-3-8/h8-9,20H,2-7H2,1H3. The van der Waals surface area contributed by atoms with E-state index in [2.05, 4.69) is 10.1 Å². The fraction of sp³-hybridized carbons (Fsp3) is 0.846. The van der Waals surface area contributed by atoms with Crippen molar-refractivity contribution in [2.75, 3.05) is 19.6 Å². The Morgan fingerprint density at radius 2 is 2.05 bits per heavy atom. The Kier molecular flexibility index (Phi) is 3.90. The van der Waals surface area contributed by atoms with Crippen LogP contribution in [0.2, 0.25) is 0 Å². The normalized spacial score (nSPS) is 23.3. The summed E-state index contributed by atoms with van der Waals surface area (Å²) in [5.41, 5.74) is -2.70. The maximum atomic E-state index is 12.6. The van der Waals surface area contributed by atoms with Gasteiger partial charge in [-0.15, -0.1) is 0 Å². The SMILES string of the molecule is CC(O)(CN1CC(OCc2nc(C3CC3)no2)C1)C(F)(F)F. The first-order valence-electron chi connectivity index (χ1n) is 7.20. The van der Waals surface area contributed by atoms with Crippen LogP contribution in [0.1, 0.15) is 37.4 Å². The highest BCUT2D eigenvalue weighted by atomic mass is 19.4. The highest BCUT2D eigenvalue weighted by Gasteiger charge is 2.51. The molecule has 3 rings (SSSR count). The number of halogens is 3. The summed E-state index contributed by atoms with van der Waals surface area (Å²) in [4.78, 5) is 5.71. The molecule has 1 aliphatic carbocycles. The molecule has 1 saturated heterocycles. The fourth-order valence-corrected chi connectivity index (χ4v) is 2.31. The van der Waals surface area contributed by atoms with Gasteiger partial charge in [0.25, 0.3) is 5.89 Å². The van der Waals surface area contributed by atoms with Crippen LogP contribution in [0.15, 0.2) is 4.52 Å². The molecule has 2 heterocycles. The lowest BCUT2D eigenvalue weighted by molar-refractivity contribution is -0.263. The Balaban J connectivity index is 1.38. The van der Waals surface area contributed by atoms with Crippen molar-refractivity contribution < 1.29 is 27.5 Å². The lowest BCUT2D eigenvalue weighted by atomic mass is 10.0. The van der Waals surface area contributed by atoms with Gasteiger partial charge in [0.2, 0.25) is 0 Å². The zero-order valence-corrected chi connectivity index (χ0v) is 12.1. The summed E-state index contributed by atoms with van der Waals surface area (Å²) in [5, 5.41) is 13.3. The Morgan fingerprint density at radius 3 is 2.64 bits per heavy atom. The Labute approximate surface area is 125 Å². The number of ether oxygens (including phenoxy) is 1. The van der Waals surface area contributed by atoms with E-state index in [1.165, 1.54) is 4.90 Å². The average molecular weight is 321 g/mol. The van der Waals surface area contributed by atoms with Gasteiger partial charge in [0.1, 0.15) is 6.61 Å². The van der Waals surface area contributed by atoms with E-state index in [0.29, 0.717) is 30.7 Å². The minimum Gasteiger partial charge on any atom is -0.380 e. The molecule has 1 N–H and O–H groups in total. The first-order valence-corrected chi connectivity index (χ1v) is 7.20. The molecule has 1 aromatic rings. The summed E-state index contributed by atoms with van der Waals surface area (Å²) in [7, 11) is 0. The van der Waals surface area contributed by atoms with Crippen LogP contribution in [0.4, 0.5) is 13.2 Å².